The first-order chi connectivity index (χ1) is 18.3. The molecule has 39 heavy (non-hydrogen) atoms. The minimum Gasteiger partial charge on any atom is -0.462 e. The third-order valence-corrected chi connectivity index (χ3v) is 8.68. The molecule has 7 nitrogen and oxygen atoms in total. The van der Waals surface area contributed by atoms with Gasteiger partial charge in [-0.3, -0.25) is 4.79 Å². The lowest BCUT2D eigenvalue weighted by Crippen LogP contribution is -2.42. The van der Waals surface area contributed by atoms with Crippen LogP contribution in [0.4, 0.5) is 9.18 Å². The van der Waals surface area contributed by atoms with Crippen molar-refractivity contribution in [2.45, 2.75) is 84.9 Å². The van der Waals surface area contributed by atoms with Gasteiger partial charge in [-0.1, -0.05) is 13.8 Å². The fourth-order valence-electron chi connectivity index (χ4n) is 5.23. The molecule has 0 aliphatic heterocycles. The summed E-state index contributed by atoms with van der Waals surface area (Å²) < 4.78 is 28.2. The van der Waals surface area contributed by atoms with Crippen LogP contribution in [0.2, 0.25) is 0 Å². The predicted molar refractivity (Wildman–Crippen MR) is 150 cm³/mol. The fraction of sp³-hybridized carbons (Fsp3) is 0.500. The van der Waals surface area contributed by atoms with Crippen molar-refractivity contribution >= 4 is 34.3 Å². The highest BCUT2D eigenvalue weighted by Gasteiger charge is 2.39. The quantitative estimate of drug-likeness (QED) is 0.346. The van der Waals surface area contributed by atoms with Crippen LogP contribution in [0.3, 0.4) is 0 Å². The number of nitrogens with one attached hydrogen (secondary N) is 1. The molecule has 0 saturated heterocycles. The molecule has 2 aliphatic rings. The van der Waals surface area contributed by atoms with E-state index in [0.717, 1.165) is 41.0 Å². The second kappa shape index (κ2) is 9.77. The Bertz CT molecular complexity index is 1530. The second-order valence-corrected chi connectivity index (χ2v) is 13.2. The molecule has 1 atom stereocenters. The topological polar surface area (TPSA) is 86.6 Å². The highest BCUT2D eigenvalue weighted by atomic mass is 32.1. The van der Waals surface area contributed by atoms with Crippen LogP contribution in [0, 0.1) is 11.2 Å². The Kier molecular flexibility index (Phi) is 6.85. The van der Waals surface area contributed by atoms with E-state index in [-0.39, 0.29) is 35.1 Å². The second-order valence-electron chi connectivity index (χ2n) is 12.1. The zero-order chi connectivity index (χ0) is 28.3. The Morgan fingerprint density at radius 1 is 1.21 bits per heavy atom. The van der Waals surface area contributed by atoms with Crippen LogP contribution in [0.15, 0.2) is 29.2 Å². The molecule has 3 aromatic rings. The van der Waals surface area contributed by atoms with Gasteiger partial charge in [-0.25, -0.2) is 14.0 Å². The number of benzene rings is 1. The molecule has 1 aromatic carbocycles. The van der Waals surface area contributed by atoms with E-state index in [9.17, 15) is 14.4 Å². The average molecular weight is 555 g/mol. The van der Waals surface area contributed by atoms with Crippen molar-refractivity contribution in [1.29, 1.82) is 0 Å². The monoisotopic (exact) mass is 554 g/mol. The van der Waals surface area contributed by atoms with Crippen molar-refractivity contribution < 1.29 is 23.5 Å². The van der Waals surface area contributed by atoms with Crippen molar-refractivity contribution in [2.24, 2.45) is 5.41 Å². The summed E-state index contributed by atoms with van der Waals surface area (Å²) in [5.74, 6) is -1.22. The van der Waals surface area contributed by atoms with Crippen LogP contribution < -0.4 is 10.7 Å². The smallest absolute Gasteiger partial charge is 0.408 e. The Morgan fingerprint density at radius 3 is 2.56 bits per heavy atom. The summed E-state index contributed by atoms with van der Waals surface area (Å²) in [4.78, 5) is 40.1. The highest BCUT2D eigenvalue weighted by Crippen LogP contribution is 2.49. The summed E-state index contributed by atoms with van der Waals surface area (Å²) in [6, 6.07) is 4.83. The van der Waals surface area contributed by atoms with Gasteiger partial charge in [0.05, 0.1) is 18.2 Å². The number of esters is 1. The van der Waals surface area contributed by atoms with Crippen LogP contribution in [0.5, 0.6) is 0 Å². The van der Waals surface area contributed by atoms with E-state index in [0.29, 0.717) is 11.1 Å². The largest absolute Gasteiger partial charge is 0.462 e. The van der Waals surface area contributed by atoms with Gasteiger partial charge in [0, 0.05) is 32.9 Å². The molecular weight excluding hydrogens is 519 g/mol. The molecule has 1 saturated carbocycles. The van der Waals surface area contributed by atoms with Gasteiger partial charge in [0.1, 0.15) is 17.0 Å². The van der Waals surface area contributed by atoms with Gasteiger partial charge in [0.25, 0.3) is 0 Å². The van der Waals surface area contributed by atoms with Gasteiger partial charge in [0.15, 0.2) is 0 Å². The van der Waals surface area contributed by atoms with E-state index in [1.54, 1.807) is 19.2 Å². The summed E-state index contributed by atoms with van der Waals surface area (Å²) >= 11 is 1.46. The maximum absolute atomic E-state index is 15.7. The first kappa shape index (κ1) is 27.4. The predicted octanol–water partition coefficient (Wildman–Crippen LogP) is 6.92. The molecule has 5 rings (SSSR count). The van der Waals surface area contributed by atoms with E-state index in [2.05, 4.69) is 19.2 Å². The Labute approximate surface area is 231 Å². The molecule has 1 fully saturated rings. The number of nitrogens with zero attached hydrogens (tertiary/aromatic N) is 1. The van der Waals surface area contributed by atoms with Crippen molar-refractivity contribution in [2.75, 3.05) is 6.61 Å². The number of fused-ring (bicyclic) bond motifs is 2. The normalized spacial score (nSPS) is 18.5. The van der Waals surface area contributed by atoms with Gasteiger partial charge in [-0.15, -0.1) is 11.3 Å². The molecule has 0 bridgehead atoms. The Hall–Kier alpha value is -3.20. The lowest BCUT2D eigenvalue weighted by atomic mass is 9.73. The maximum atomic E-state index is 15.7. The van der Waals surface area contributed by atoms with Gasteiger partial charge in [-0.05, 0) is 82.6 Å². The molecule has 1 N–H and O–H groups in total. The number of hydrogen-bond acceptors (Lipinski definition) is 6. The molecule has 0 radical (unpaired) electrons. The number of thiophene rings is 1. The lowest BCUT2D eigenvalue weighted by Gasteiger charge is -2.39. The van der Waals surface area contributed by atoms with Crippen LogP contribution >= 0.6 is 11.3 Å². The lowest BCUT2D eigenvalue weighted by molar-refractivity contribution is 0.0445. The van der Waals surface area contributed by atoms with Crippen molar-refractivity contribution in [3.8, 4) is 10.4 Å². The molecule has 0 spiro atoms. The third kappa shape index (κ3) is 5.33. The third-order valence-electron chi connectivity index (χ3n) is 7.41. The summed E-state index contributed by atoms with van der Waals surface area (Å²) in [5.41, 5.74) is 0.630. The van der Waals surface area contributed by atoms with Gasteiger partial charge in [0.2, 0.25) is 5.43 Å². The standard InChI is InChI=1S/C30H35FN2O5S/c1-7-37-27(35)20-15-33(17-8-9-17)22-14-18(21(31)13-19(22)24(20)34)23-12-16-10-11-30(5,6)26(25(16)39-23)32-28(36)38-29(2,3)4/h12-15,17,26H,7-11H2,1-6H3,(H,32,36). The highest BCUT2D eigenvalue weighted by molar-refractivity contribution is 7.15. The van der Waals surface area contributed by atoms with Crippen molar-refractivity contribution in [3.63, 3.8) is 0 Å². The van der Waals surface area contributed by atoms with Gasteiger partial charge >= 0.3 is 12.1 Å². The van der Waals surface area contributed by atoms with E-state index >= 15 is 4.39 Å². The van der Waals surface area contributed by atoms with Gasteiger partial charge < -0.3 is 19.4 Å². The Morgan fingerprint density at radius 2 is 1.92 bits per heavy atom. The number of hydrogen-bond donors (Lipinski definition) is 1. The summed E-state index contributed by atoms with van der Waals surface area (Å²) in [6.45, 7) is 11.5. The van der Waals surface area contributed by atoms with Gasteiger partial charge in [-0.2, -0.15) is 0 Å². The number of aromatic nitrogens is 1. The van der Waals surface area contributed by atoms with E-state index in [1.807, 2.05) is 31.4 Å². The van der Waals surface area contributed by atoms with Crippen molar-refractivity contribution in [3.05, 3.63) is 56.4 Å². The van der Waals surface area contributed by atoms with Crippen molar-refractivity contribution in [1.82, 2.24) is 9.88 Å². The van der Waals surface area contributed by atoms with Crippen LogP contribution in [0.1, 0.15) is 93.7 Å². The first-order valence-electron chi connectivity index (χ1n) is 13.5. The minimum absolute atomic E-state index is 0.0757. The average Bonchev–Trinajstić information content (AvgIpc) is 3.58. The number of ether oxygens (including phenoxy) is 2. The van der Waals surface area contributed by atoms with E-state index in [4.69, 9.17) is 9.47 Å². The summed E-state index contributed by atoms with van der Waals surface area (Å²) in [6.07, 6.45) is 4.60. The van der Waals surface area contributed by atoms with E-state index in [1.165, 1.54) is 17.4 Å². The maximum Gasteiger partial charge on any atom is 0.408 e. The number of aryl methyl sites for hydroxylation is 1. The summed E-state index contributed by atoms with van der Waals surface area (Å²) in [7, 11) is 0. The van der Waals surface area contributed by atoms with Crippen LogP contribution in [-0.2, 0) is 15.9 Å². The molecule has 2 aliphatic carbocycles. The SMILES string of the molecule is CCOC(=O)c1cn(C2CC2)c2cc(-c3cc4c(s3)C(NC(=O)OC(C)(C)C)C(C)(C)CC4)c(F)cc2c1=O. The molecule has 1 amide bonds. The number of alkyl carbamates (subject to hydrolysis) is 1. The number of carbonyl (C=O) groups is 2. The zero-order valence-corrected chi connectivity index (χ0v) is 24.1. The molecule has 2 heterocycles. The molecule has 9 heteroatoms. The minimum atomic E-state index is -0.694. The molecular formula is C30H35FN2O5S. The number of halogens is 1. The number of pyridine rings is 1. The van der Waals surface area contributed by atoms with E-state index < -0.39 is 28.9 Å². The Balaban J connectivity index is 1.59. The first-order valence-corrected chi connectivity index (χ1v) is 14.3. The summed E-state index contributed by atoms with van der Waals surface area (Å²) in [5, 5.41) is 3.23. The molecule has 2 aromatic heterocycles. The molecule has 208 valence electrons. The number of amides is 1. The van der Waals surface area contributed by atoms with Crippen LogP contribution in [-0.4, -0.2) is 28.8 Å². The van der Waals surface area contributed by atoms with Crippen LogP contribution in [0.25, 0.3) is 21.3 Å². The molecule has 1 unspecified atom stereocenters. The number of carbonyl (C=O) groups excluding carboxylic acids is 2. The zero-order valence-electron chi connectivity index (χ0n) is 23.3. The number of rotatable bonds is 5. The fourth-order valence-corrected chi connectivity index (χ4v) is 6.72.